The Hall–Kier alpha value is -0.740. The molecule has 0 spiro atoms. The van der Waals surface area contributed by atoms with Crippen LogP contribution < -0.4 is 5.32 Å². The van der Waals surface area contributed by atoms with Gasteiger partial charge in [0.25, 0.3) is 0 Å². The van der Waals surface area contributed by atoms with Crippen LogP contribution in [-0.4, -0.2) is 17.6 Å². The van der Waals surface area contributed by atoms with E-state index in [1.165, 1.54) is 0 Å². The van der Waals surface area contributed by atoms with Gasteiger partial charge < -0.3 is 5.32 Å². The Morgan fingerprint density at radius 1 is 1.23 bits per heavy atom. The van der Waals surface area contributed by atoms with Crippen molar-refractivity contribution in [1.29, 1.82) is 0 Å². The zero-order valence-corrected chi connectivity index (χ0v) is 8.12. The fourth-order valence-electron chi connectivity index (χ4n) is 0.508. The molecule has 78 valence electrons. The number of rotatable bonds is 2. The first-order valence-electron chi connectivity index (χ1n) is 3.96. The van der Waals surface area contributed by atoms with Crippen molar-refractivity contribution in [3.63, 3.8) is 0 Å². The second kappa shape index (κ2) is 3.55. The normalized spacial score (nSPS) is 13.2. The van der Waals surface area contributed by atoms with Crippen LogP contribution in [0.3, 0.4) is 0 Å². The molecule has 0 aliphatic rings. The molecule has 2 nitrogen and oxygen atoms in total. The third-order valence-corrected chi connectivity index (χ3v) is 2.14. The summed E-state index contributed by atoms with van der Waals surface area (Å²) in [6.45, 7) is 6.61. The van der Waals surface area contributed by atoms with E-state index in [-0.39, 0.29) is 5.92 Å². The second-order valence-electron chi connectivity index (χ2n) is 3.83. The Kier molecular flexibility index (Phi) is 3.35. The van der Waals surface area contributed by atoms with Gasteiger partial charge in [-0.3, -0.25) is 4.79 Å². The molecule has 0 rings (SSSR count). The highest BCUT2D eigenvalue weighted by Gasteiger charge is 2.41. The van der Waals surface area contributed by atoms with E-state index in [2.05, 4.69) is 0 Å². The van der Waals surface area contributed by atoms with Gasteiger partial charge in [-0.1, -0.05) is 13.8 Å². The third-order valence-electron chi connectivity index (χ3n) is 2.14. The first-order valence-corrected chi connectivity index (χ1v) is 3.96. The Morgan fingerprint density at radius 2 is 1.62 bits per heavy atom. The van der Waals surface area contributed by atoms with Gasteiger partial charge >= 0.3 is 12.1 Å². The van der Waals surface area contributed by atoms with Crippen LogP contribution in [0.5, 0.6) is 0 Å². The van der Waals surface area contributed by atoms with Crippen LogP contribution in [0, 0.1) is 5.92 Å². The number of carbonyl (C=O) groups excluding carboxylic acids is 1. The molecule has 0 aromatic rings. The largest absolute Gasteiger partial charge is 0.471 e. The minimum absolute atomic E-state index is 0.0567. The van der Waals surface area contributed by atoms with Gasteiger partial charge in [-0.15, -0.1) is 0 Å². The molecule has 0 aliphatic carbocycles. The van der Waals surface area contributed by atoms with E-state index in [9.17, 15) is 18.0 Å². The molecule has 0 aromatic heterocycles. The summed E-state index contributed by atoms with van der Waals surface area (Å²) in [6, 6.07) is 0. The number of alkyl halides is 3. The third kappa shape index (κ3) is 3.65. The molecule has 0 aromatic carbocycles. The van der Waals surface area contributed by atoms with Crippen molar-refractivity contribution in [1.82, 2.24) is 5.32 Å². The van der Waals surface area contributed by atoms with Crippen LogP contribution in [0.2, 0.25) is 0 Å². The molecule has 0 saturated heterocycles. The zero-order chi connectivity index (χ0) is 10.9. The summed E-state index contributed by atoms with van der Waals surface area (Å²) in [5, 5.41) is 1.93. The molecule has 0 atom stereocenters. The van der Waals surface area contributed by atoms with E-state index in [4.69, 9.17) is 0 Å². The second-order valence-corrected chi connectivity index (χ2v) is 3.83. The van der Waals surface area contributed by atoms with Crippen LogP contribution >= 0.6 is 0 Å². The number of carbonyl (C=O) groups is 1. The molecule has 0 unspecified atom stereocenters. The quantitative estimate of drug-likeness (QED) is 0.721. The number of amides is 1. The maximum Gasteiger partial charge on any atom is 0.471 e. The maximum absolute atomic E-state index is 11.8. The minimum atomic E-state index is -4.80. The smallest absolute Gasteiger partial charge is 0.343 e. The lowest BCUT2D eigenvalue weighted by Crippen LogP contribution is -2.51. The van der Waals surface area contributed by atoms with Crippen molar-refractivity contribution >= 4 is 5.91 Å². The standard InChI is InChI=1S/C8H14F3NO/c1-5(2)7(3,4)12-6(13)8(9,10)11/h5H,1-4H3,(H,12,13). The molecule has 5 heteroatoms. The van der Waals surface area contributed by atoms with Crippen molar-refractivity contribution in [2.75, 3.05) is 0 Å². The summed E-state index contributed by atoms with van der Waals surface area (Å²) in [5.74, 6) is -1.94. The van der Waals surface area contributed by atoms with Crippen molar-refractivity contribution in [3.8, 4) is 0 Å². The van der Waals surface area contributed by atoms with E-state index in [0.29, 0.717) is 0 Å². The highest BCUT2D eigenvalue weighted by molar-refractivity contribution is 5.82. The topological polar surface area (TPSA) is 29.1 Å². The maximum atomic E-state index is 11.8. The molecule has 0 bridgehead atoms. The molecule has 0 radical (unpaired) electrons. The van der Waals surface area contributed by atoms with E-state index in [0.717, 1.165) is 0 Å². The van der Waals surface area contributed by atoms with Crippen LogP contribution in [0.1, 0.15) is 27.7 Å². The Labute approximate surface area is 75.5 Å². The molecular formula is C8H14F3NO. The number of halogens is 3. The van der Waals surface area contributed by atoms with Crippen molar-refractivity contribution in [3.05, 3.63) is 0 Å². The molecule has 0 saturated carbocycles. The fourth-order valence-corrected chi connectivity index (χ4v) is 0.508. The van der Waals surface area contributed by atoms with Crippen LogP contribution in [0.25, 0.3) is 0 Å². The number of nitrogens with one attached hydrogen (secondary N) is 1. The van der Waals surface area contributed by atoms with Gasteiger partial charge in [-0.25, -0.2) is 0 Å². The van der Waals surface area contributed by atoms with Gasteiger partial charge in [0.05, 0.1) is 0 Å². The van der Waals surface area contributed by atoms with Gasteiger partial charge in [0, 0.05) is 5.54 Å². The molecule has 0 heterocycles. The molecule has 1 N–H and O–H groups in total. The monoisotopic (exact) mass is 197 g/mol. The van der Waals surface area contributed by atoms with Gasteiger partial charge in [0.1, 0.15) is 0 Å². The molecule has 0 aliphatic heterocycles. The lowest BCUT2D eigenvalue weighted by Gasteiger charge is -2.30. The van der Waals surface area contributed by atoms with Crippen molar-refractivity contribution in [2.24, 2.45) is 5.92 Å². The summed E-state index contributed by atoms with van der Waals surface area (Å²) in [6.07, 6.45) is -4.80. The Bertz CT molecular complexity index is 196. The van der Waals surface area contributed by atoms with Crippen LogP contribution in [0.4, 0.5) is 13.2 Å². The summed E-state index contributed by atoms with van der Waals surface area (Å²) >= 11 is 0. The van der Waals surface area contributed by atoms with Crippen molar-refractivity contribution < 1.29 is 18.0 Å². The predicted octanol–water partition coefficient (Wildman–Crippen LogP) is 2.10. The Morgan fingerprint density at radius 3 is 1.85 bits per heavy atom. The lowest BCUT2D eigenvalue weighted by molar-refractivity contribution is -0.175. The summed E-state index contributed by atoms with van der Waals surface area (Å²) in [7, 11) is 0. The molecular weight excluding hydrogens is 183 g/mol. The molecule has 0 fully saturated rings. The van der Waals surface area contributed by atoms with E-state index < -0.39 is 17.6 Å². The highest BCUT2D eigenvalue weighted by Crippen LogP contribution is 2.20. The average molecular weight is 197 g/mol. The van der Waals surface area contributed by atoms with E-state index in [1.54, 1.807) is 27.7 Å². The SMILES string of the molecule is CC(C)C(C)(C)NC(=O)C(F)(F)F. The van der Waals surface area contributed by atoms with Crippen LogP contribution in [0.15, 0.2) is 0 Å². The number of hydrogen-bond acceptors (Lipinski definition) is 1. The average Bonchev–Trinajstić information content (AvgIpc) is 1.83. The van der Waals surface area contributed by atoms with Gasteiger partial charge in [0.2, 0.25) is 0 Å². The van der Waals surface area contributed by atoms with E-state index in [1.807, 2.05) is 5.32 Å². The first kappa shape index (κ1) is 12.3. The van der Waals surface area contributed by atoms with E-state index >= 15 is 0 Å². The Balaban J connectivity index is 4.38. The van der Waals surface area contributed by atoms with Gasteiger partial charge in [-0.05, 0) is 19.8 Å². The van der Waals surface area contributed by atoms with Crippen molar-refractivity contribution in [2.45, 2.75) is 39.4 Å². The van der Waals surface area contributed by atoms with Gasteiger partial charge in [0.15, 0.2) is 0 Å². The minimum Gasteiger partial charge on any atom is -0.343 e. The predicted molar refractivity (Wildman–Crippen MR) is 43.1 cm³/mol. The summed E-state index contributed by atoms with van der Waals surface area (Å²) < 4.78 is 35.5. The fraction of sp³-hybridized carbons (Fsp3) is 0.875. The lowest BCUT2D eigenvalue weighted by atomic mass is 9.91. The number of hydrogen-bond donors (Lipinski definition) is 1. The molecule has 13 heavy (non-hydrogen) atoms. The van der Waals surface area contributed by atoms with Gasteiger partial charge in [-0.2, -0.15) is 13.2 Å². The highest BCUT2D eigenvalue weighted by atomic mass is 19.4. The summed E-state index contributed by atoms with van der Waals surface area (Å²) in [4.78, 5) is 10.5. The zero-order valence-electron chi connectivity index (χ0n) is 8.12. The van der Waals surface area contributed by atoms with Crippen LogP contribution in [-0.2, 0) is 4.79 Å². The summed E-state index contributed by atoms with van der Waals surface area (Å²) in [5.41, 5.74) is -0.841. The first-order chi connectivity index (χ1) is 5.57. The molecule has 1 amide bonds.